The van der Waals surface area contributed by atoms with Crippen LogP contribution in [0.2, 0.25) is 0 Å². The zero-order chi connectivity index (χ0) is 10.8. The standard InChI is InChI=1S/C9H7Cl2N3O/c10-8(11)9(15)14-5-1-2-6-7(3-5)13-4-12-6/h1-4,8H,(H,12,13)(H,14,15). The van der Waals surface area contributed by atoms with Gasteiger partial charge in [0, 0.05) is 5.69 Å². The minimum atomic E-state index is -1.07. The smallest absolute Gasteiger partial charge is 0.257 e. The average Bonchev–Trinajstić information content (AvgIpc) is 2.64. The summed E-state index contributed by atoms with van der Waals surface area (Å²) in [4.78, 5) is 17.1. The Morgan fingerprint density at radius 3 is 3.00 bits per heavy atom. The minimum Gasteiger partial charge on any atom is -0.345 e. The molecule has 15 heavy (non-hydrogen) atoms. The highest BCUT2D eigenvalue weighted by atomic mass is 35.5. The van der Waals surface area contributed by atoms with E-state index in [4.69, 9.17) is 23.2 Å². The van der Waals surface area contributed by atoms with Crippen molar-refractivity contribution in [1.29, 1.82) is 0 Å². The molecule has 78 valence electrons. The van der Waals surface area contributed by atoms with E-state index < -0.39 is 10.7 Å². The number of alkyl halides is 2. The molecule has 0 saturated carbocycles. The highest BCUT2D eigenvalue weighted by molar-refractivity contribution is 6.54. The Morgan fingerprint density at radius 1 is 1.47 bits per heavy atom. The van der Waals surface area contributed by atoms with Gasteiger partial charge in [0.2, 0.25) is 0 Å². The number of nitrogens with one attached hydrogen (secondary N) is 2. The first kappa shape index (κ1) is 10.3. The highest BCUT2D eigenvalue weighted by Crippen LogP contribution is 2.16. The molecule has 2 rings (SSSR count). The molecule has 1 amide bonds. The number of benzene rings is 1. The molecule has 0 aliphatic heterocycles. The van der Waals surface area contributed by atoms with Crippen LogP contribution in [0, 0.1) is 0 Å². The Labute approximate surface area is 95.6 Å². The molecule has 6 heteroatoms. The summed E-state index contributed by atoms with van der Waals surface area (Å²) >= 11 is 10.8. The van der Waals surface area contributed by atoms with E-state index in [1.807, 2.05) is 0 Å². The van der Waals surface area contributed by atoms with Gasteiger partial charge in [-0.3, -0.25) is 4.79 Å². The first-order chi connectivity index (χ1) is 7.16. The van der Waals surface area contributed by atoms with Crippen LogP contribution in [0.5, 0.6) is 0 Å². The van der Waals surface area contributed by atoms with E-state index >= 15 is 0 Å². The van der Waals surface area contributed by atoms with Crippen molar-refractivity contribution in [3.05, 3.63) is 24.5 Å². The van der Waals surface area contributed by atoms with Gasteiger partial charge >= 0.3 is 0 Å². The van der Waals surface area contributed by atoms with Gasteiger partial charge < -0.3 is 10.3 Å². The number of carbonyl (C=O) groups excluding carboxylic acids is 1. The monoisotopic (exact) mass is 243 g/mol. The normalized spacial score (nSPS) is 10.9. The van der Waals surface area contributed by atoms with E-state index in [1.54, 1.807) is 24.5 Å². The Bertz CT molecular complexity index is 495. The molecule has 0 aliphatic carbocycles. The number of H-pyrrole nitrogens is 1. The van der Waals surface area contributed by atoms with Crippen molar-refractivity contribution in [2.24, 2.45) is 0 Å². The Hall–Kier alpha value is -1.26. The molecule has 0 fully saturated rings. The summed E-state index contributed by atoms with van der Waals surface area (Å²) < 4.78 is 0. The molecule has 0 bridgehead atoms. The molecule has 1 heterocycles. The molecule has 0 spiro atoms. The predicted octanol–water partition coefficient (Wildman–Crippen LogP) is 2.31. The minimum absolute atomic E-state index is 0.447. The largest absolute Gasteiger partial charge is 0.345 e. The average molecular weight is 244 g/mol. The number of nitrogens with zero attached hydrogens (tertiary/aromatic N) is 1. The molecular weight excluding hydrogens is 237 g/mol. The van der Waals surface area contributed by atoms with E-state index in [0.717, 1.165) is 11.0 Å². The van der Waals surface area contributed by atoms with Gasteiger partial charge in [-0.2, -0.15) is 0 Å². The lowest BCUT2D eigenvalue weighted by molar-refractivity contribution is -0.114. The first-order valence-electron chi connectivity index (χ1n) is 4.19. The molecule has 0 atom stereocenters. The van der Waals surface area contributed by atoms with Crippen molar-refractivity contribution >= 4 is 45.8 Å². The lowest BCUT2D eigenvalue weighted by atomic mass is 10.3. The number of halogens is 2. The van der Waals surface area contributed by atoms with E-state index in [9.17, 15) is 4.79 Å². The van der Waals surface area contributed by atoms with Gasteiger partial charge in [-0.25, -0.2) is 4.98 Å². The fourth-order valence-electron chi connectivity index (χ4n) is 1.21. The number of rotatable bonds is 2. The lowest BCUT2D eigenvalue weighted by Gasteiger charge is -2.04. The SMILES string of the molecule is O=C(Nc1ccc2nc[nH]c2c1)C(Cl)Cl. The van der Waals surface area contributed by atoms with E-state index in [1.165, 1.54) is 0 Å². The number of anilines is 1. The van der Waals surface area contributed by atoms with Gasteiger partial charge in [0.25, 0.3) is 5.91 Å². The molecular formula is C9H7Cl2N3O. The van der Waals surface area contributed by atoms with Crippen LogP contribution in [0.3, 0.4) is 0 Å². The summed E-state index contributed by atoms with van der Waals surface area (Å²) in [6, 6.07) is 5.28. The van der Waals surface area contributed by atoms with Crippen LogP contribution in [-0.2, 0) is 4.79 Å². The van der Waals surface area contributed by atoms with Gasteiger partial charge in [-0.05, 0) is 18.2 Å². The molecule has 1 aromatic carbocycles. The number of amides is 1. The highest BCUT2D eigenvalue weighted by Gasteiger charge is 2.11. The van der Waals surface area contributed by atoms with Crippen molar-refractivity contribution in [1.82, 2.24) is 9.97 Å². The molecule has 0 radical (unpaired) electrons. The quantitative estimate of drug-likeness (QED) is 0.796. The first-order valence-corrected chi connectivity index (χ1v) is 5.06. The zero-order valence-electron chi connectivity index (χ0n) is 7.50. The van der Waals surface area contributed by atoms with Crippen LogP contribution in [0.25, 0.3) is 11.0 Å². The van der Waals surface area contributed by atoms with E-state index in [0.29, 0.717) is 5.69 Å². The lowest BCUT2D eigenvalue weighted by Crippen LogP contribution is -2.18. The number of fused-ring (bicyclic) bond motifs is 1. The van der Waals surface area contributed by atoms with E-state index in [2.05, 4.69) is 15.3 Å². The summed E-state index contributed by atoms with van der Waals surface area (Å²) in [5.41, 5.74) is 2.30. The van der Waals surface area contributed by atoms with Crippen molar-refractivity contribution in [2.45, 2.75) is 4.84 Å². The maximum atomic E-state index is 11.2. The van der Waals surface area contributed by atoms with Crippen molar-refractivity contribution in [2.75, 3.05) is 5.32 Å². The summed E-state index contributed by atoms with van der Waals surface area (Å²) in [6.45, 7) is 0. The maximum Gasteiger partial charge on any atom is 0.257 e. The Balaban J connectivity index is 2.25. The molecule has 0 unspecified atom stereocenters. The second-order valence-corrected chi connectivity index (χ2v) is 4.02. The Morgan fingerprint density at radius 2 is 2.27 bits per heavy atom. The molecule has 4 nitrogen and oxygen atoms in total. The number of imidazole rings is 1. The second kappa shape index (κ2) is 4.08. The number of aromatic nitrogens is 2. The van der Waals surface area contributed by atoms with Crippen molar-refractivity contribution < 1.29 is 4.79 Å². The number of aromatic amines is 1. The summed E-state index contributed by atoms with van der Waals surface area (Å²) in [7, 11) is 0. The van der Waals surface area contributed by atoms with Gasteiger partial charge in [-0.15, -0.1) is 0 Å². The molecule has 1 aromatic heterocycles. The van der Waals surface area contributed by atoms with Crippen LogP contribution >= 0.6 is 23.2 Å². The van der Waals surface area contributed by atoms with Gasteiger partial charge in [0.1, 0.15) is 0 Å². The van der Waals surface area contributed by atoms with Crippen LogP contribution < -0.4 is 5.32 Å². The fraction of sp³-hybridized carbons (Fsp3) is 0.111. The van der Waals surface area contributed by atoms with Crippen LogP contribution in [0.4, 0.5) is 5.69 Å². The maximum absolute atomic E-state index is 11.2. The summed E-state index contributed by atoms with van der Waals surface area (Å²) in [5.74, 6) is -0.447. The van der Waals surface area contributed by atoms with Crippen LogP contribution in [-0.4, -0.2) is 20.7 Å². The molecule has 2 aromatic rings. The molecule has 2 N–H and O–H groups in total. The zero-order valence-corrected chi connectivity index (χ0v) is 9.01. The number of hydrogen-bond donors (Lipinski definition) is 2. The molecule has 0 saturated heterocycles. The second-order valence-electron chi connectivity index (χ2n) is 2.92. The summed E-state index contributed by atoms with van der Waals surface area (Å²) in [5, 5.41) is 2.57. The topological polar surface area (TPSA) is 57.8 Å². The fourth-order valence-corrected chi connectivity index (χ4v) is 1.32. The van der Waals surface area contributed by atoms with Gasteiger partial charge in [0.15, 0.2) is 4.84 Å². The van der Waals surface area contributed by atoms with E-state index in [-0.39, 0.29) is 0 Å². The van der Waals surface area contributed by atoms with Crippen molar-refractivity contribution in [3.8, 4) is 0 Å². The number of hydrogen-bond acceptors (Lipinski definition) is 2. The van der Waals surface area contributed by atoms with Crippen LogP contribution in [0.1, 0.15) is 0 Å². The molecule has 0 aliphatic rings. The van der Waals surface area contributed by atoms with Gasteiger partial charge in [0.05, 0.1) is 17.4 Å². The van der Waals surface area contributed by atoms with Crippen molar-refractivity contribution in [3.63, 3.8) is 0 Å². The summed E-state index contributed by atoms with van der Waals surface area (Å²) in [6.07, 6.45) is 1.59. The third-order valence-corrected chi connectivity index (χ3v) is 2.28. The van der Waals surface area contributed by atoms with Crippen LogP contribution in [0.15, 0.2) is 24.5 Å². The number of carbonyl (C=O) groups is 1. The predicted molar refractivity (Wildman–Crippen MR) is 60.2 cm³/mol. The van der Waals surface area contributed by atoms with Gasteiger partial charge in [-0.1, -0.05) is 23.2 Å². The Kier molecular flexibility index (Phi) is 2.79. The third-order valence-electron chi connectivity index (χ3n) is 1.89. The third kappa shape index (κ3) is 2.22.